The van der Waals surface area contributed by atoms with Gasteiger partial charge in [0.25, 0.3) is 5.91 Å². The fraction of sp³-hybridized carbons (Fsp3) is 0.562. The van der Waals surface area contributed by atoms with Gasteiger partial charge >= 0.3 is 0 Å². The summed E-state index contributed by atoms with van der Waals surface area (Å²) in [4.78, 5) is 12.4. The summed E-state index contributed by atoms with van der Waals surface area (Å²) in [5.41, 5.74) is -0.191. The first kappa shape index (κ1) is 15.6. The van der Waals surface area contributed by atoms with Gasteiger partial charge in [-0.15, -0.1) is 0 Å². The molecule has 1 fully saturated rings. The third-order valence-electron chi connectivity index (χ3n) is 4.21. The predicted molar refractivity (Wildman–Crippen MR) is 79.6 cm³/mol. The quantitative estimate of drug-likeness (QED) is 0.794. The maximum Gasteiger partial charge on any atom is 0.251 e. The minimum Gasteiger partial charge on any atom is -0.504 e. The number of hydrogen-bond donors (Lipinski definition) is 3. The fourth-order valence-electron chi connectivity index (χ4n) is 3.10. The maximum absolute atomic E-state index is 12.4. The highest BCUT2D eigenvalue weighted by Gasteiger charge is 2.36. The van der Waals surface area contributed by atoms with Crippen LogP contribution in [0.4, 0.5) is 0 Å². The summed E-state index contributed by atoms with van der Waals surface area (Å²) in [6.45, 7) is 2.07. The summed E-state index contributed by atoms with van der Waals surface area (Å²) in [6, 6.07) is 4.54. The molecule has 5 nitrogen and oxygen atoms in total. The van der Waals surface area contributed by atoms with Gasteiger partial charge in [0, 0.05) is 5.56 Å². The molecule has 3 N–H and O–H groups in total. The van der Waals surface area contributed by atoms with Crippen molar-refractivity contribution >= 4 is 5.91 Å². The van der Waals surface area contributed by atoms with E-state index in [4.69, 9.17) is 4.74 Å². The number of hydrogen-bond acceptors (Lipinski definition) is 4. The van der Waals surface area contributed by atoms with Crippen molar-refractivity contribution in [1.82, 2.24) is 5.32 Å². The number of phenolic OH excluding ortho intramolecular Hbond substituents is 1. The Balaban J connectivity index is 2.14. The van der Waals surface area contributed by atoms with Crippen molar-refractivity contribution in [3.05, 3.63) is 23.8 Å². The summed E-state index contributed by atoms with van der Waals surface area (Å²) in [6.07, 6.45) is 3.68. The highest BCUT2D eigenvalue weighted by Crippen LogP contribution is 2.33. The molecule has 0 aromatic heterocycles. The van der Waals surface area contributed by atoms with Crippen LogP contribution in [0.3, 0.4) is 0 Å². The summed E-state index contributed by atoms with van der Waals surface area (Å²) in [5.74, 6) is 0.460. The number of carbonyl (C=O) groups is 1. The molecule has 0 spiro atoms. The SMILES string of the molecule is COc1ccc(C(=O)NC2(CO)CCCC(C)C2)cc1O. The van der Waals surface area contributed by atoms with Gasteiger partial charge in [-0.25, -0.2) is 0 Å². The van der Waals surface area contributed by atoms with Gasteiger partial charge in [-0.2, -0.15) is 0 Å². The summed E-state index contributed by atoms with van der Waals surface area (Å²) < 4.78 is 4.96. The van der Waals surface area contributed by atoms with Crippen LogP contribution in [0, 0.1) is 5.92 Å². The molecule has 2 rings (SSSR count). The molecule has 1 aromatic carbocycles. The normalized spacial score (nSPS) is 25.4. The Morgan fingerprint density at radius 1 is 1.52 bits per heavy atom. The number of methoxy groups -OCH3 is 1. The number of aliphatic hydroxyl groups is 1. The molecule has 1 amide bonds. The van der Waals surface area contributed by atoms with E-state index in [1.165, 1.54) is 13.2 Å². The van der Waals surface area contributed by atoms with Gasteiger partial charge in [-0.05, 0) is 37.0 Å². The van der Waals surface area contributed by atoms with Crippen molar-refractivity contribution in [3.8, 4) is 11.5 Å². The zero-order chi connectivity index (χ0) is 15.5. The lowest BCUT2D eigenvalue weighted by molar-refractivity contribution is 0.0696. The Labute approximate surface area is 124 Å². The lowest BCUT2D eigenvalue weighted by Gasteiger charge is -2.39. The van der Waals surface area contributed by atoms with Crippen LogP contribution in [0.15, 0.2) is 18.2 Å². The monoisotopic (exact) mass is 293 g/mol. The zero-order valence-electron chi connectivity index (χ0n) is 12.6. The first-order valence-corrected chi connectivity index (χ1v) is 7.30. The van der Waals surface area contributed by atoms with E-state index in [0.29, 0.717) is 17.2 Å². The van der Waals surface area contributed by atoms with Crippen molar-refractivity contribution < 1.29 is 19.7 Å². The Kier molecular flexibility index (Phi) is 4.73. The Hall–Kier alpha value is -1.75. The number of rotatable bonds is 4. The van der Waals surface area contributed by atoms with Gasteiger partial charge in [0.05, 0.1) is 19.3 Å². The van der Waals surface area contributed by atoms with E-state index < -0.39 is 5.54 Å². The smallest absolute Gasteiger partial charge is 0.251 e. The Morgan fingerprint density at radius 3 is 2.86 bits per heavy atom. The number of nitrogens with one attached hydrogen (secondary N) is 1. The average molecular weight is 293 g/mol. The molecule has 1 aliphatic carbocycles. The van der Waals surface area contributed by atoms with Gasteiger partial charge in [0.1, 0.15) is 0 Å². The molecule has 1 aromatic rings. The highest BCUT2D eigenvalue weighted by atomic mass is 16.5. The van der Waals surface area contributed by atoms with E-state index in [0.717, 1.165) is 25.7 Å². The second-order valence-corrected chi connectivity index (χ2v) is 5.98. The van der Waals surface area contributed by atoms with Crippen molar-refractivity contribution in [2.45, 2.75) is 38.1 Å². The number of aliphatic hydroxyl groups excluding tert-OH is 1. The number of benzene rings is 1. The summed E-state index contributed by atoms with van der Waals surface area (Å²) >= 11 is 0. The molecule has 21 heavy (non-hydrogen) atoms. The molecule has 0 radical (unpaired) electrons. The molecule has 2 unspecified atom stereocenters. The van der Waals surface area contributed by atoms with Crippen LogP contribution in [0.1, 0.15) is 43.0 Å². The second-order valence-electron chi connectivity index (χ2n) is 5.98. The fourth-order valence-corrected chi connectivity index (χ4v) is 3.10. The number of phenols is 1. The van der Waals surface area contributed by atoms with Crippen LogP contribution in [0.2, 0.25) is 0 Å². The molecule has 1 saturated carbocycles. The molecule has 1 aliphatic rings. The lowest BCUT2D eigenvalue weighted by atomic mass is 9.76. The molecule has 0 aliphatic heterocycles. The van der Waals surface area contributed by atoms with Gasteiger partial charge in [0.15, 0.2) is 11.5 Å². The van der Waals surface area contributed by atoms with Crippen LogP contribution >= 0.6 is 0 Å². The number of ether oxygens (including phenoxy) is 1. The predicted octanol–water partition coefficient (Wildman–Crippen LogP) is 2.07. The molecule has 116 valence electrons. The van der Waals surface area contributed by atoms with Gasteiger partial charge < -0.3 is 20.3 Å². The van der Waals surface area contributed by atoms with Crippen molar-refractivity contribution in [2.24, 2.45) is 5.92 Å². The molecular weight excluding hydrogens is 270 g/mol. The number of aromatic hydroxyl groups is 1. The van der Waals surface area contributed by atoms with E-state index in [9.17, 15) is 15.0 Å². The molecule has 2 atom stereocenters. The van der Waals surface area contributed by atoms with Crippen molar-refractivity contribution in [1.29, 1.82) is 0 Å². The Morgan fingerprint density at radius 2 is 2.29 bits per heavy atom. The van der Waals surface area contributed by atoms with Crippen LogP contribution < -0.4 is 10.1 Å². The van der Waals surface area contributed by atoms with E-state index in [1.54, 1.807) is 12.1 Å². The third-order valence-corrected chi connectivity index (χ3v) is 4.21. The van der Waals surface area contributed by atoms with Crippen LogP contribution in [-0.2, 0) is 0 Å². The second kappa shape index (κ2) is 6.35. The number of amides is 1. The first-order valence-electron chi connectivity index (χ1n) is 7.30. The van der Waals surface area contributed by atoms with Crippen molar-refractivity contribution in [2.75, 3.05) is 13.7 Å². The standard InChI is InChI=1S/C16H23NO4/c1-11-4-3-7-16(9-11,10-18)17-15(20)12-5-6-14(21-2)13(19)8-12/h5-6,8,11,18-19H,3-4,7,9-10H2,1-2H3,(H,17,20). The van der Waals surface area contributed by atoms with Gasteiger partial charge in [0.2, 0.25) is 0 Å². The third kappa shape index (κ3) is 3.47. The first-order chi connectivity index (χ1) is 9.99. The minimum atomic E-state index is -0.551. The van der Waals surface area contributed by atoms with Crippen LogP contribution in [0.5, 0.6) is 11.5 Å². The average Bonchev–Trinajstić information content (AvgIpc) is 2.47. The molecule has 5 heteroatoms. The largest absolute Gasteiger partial charge is 0.504 e. The molecular formula is C16H23NO4. The lowest BCUT2D eigenvalue weighted by Crippen LogP contribution is -2.53. The Bertz CT molecular complexity index is 517. The minimum absolute atomic E-state index is 0.0643. The summed E-state index contributed by atoms with van der Waals surface area (Å²) in [5, 5.41) is 22.4. The highest BCUT2D eigenvalue weighted by molar-refractivity contribution is 5.95. The van der Waals surface area contributed by atoms with Crippen molar-refractivity contribution in [3.63, 3.8) is 0 Å². The van der Waals surface area contributed by atoms with Crippen LogP contribution in [0.25, 0.3) is 0 Å². The van der Waals surface area contributed by atoms with Gasteiger partial charge in [-0.3, -0.25) is 4.79 Å². The van der Waals surface area contributed by atoms with E-state index in [1.807, 2.05) is 0 Å². The topological polar surface area (TPSA) is 78.8 Å². The zero-order valence-corrected chi connectivity index (χ0v) is 12.6. The molecule has 0 saturated heterocycles. The van der Waals surface area contributed by atoms with E-state index in [2.05, 4.69) is 12.2 Å². The van der Waals surface area contributed by atoms with Crippen LogP contribution in [-0.4, -0.2) is 35.4 Å². The molecule has 0 heterocycles. The van der Waals surface area contributed by atoms with E-state index >= 15 is 0 Å². The van der Waals surface area contributed by atoms with E-state index in [-0.39, 0.29) is 18.3 Å². The maximum atomic E-state index is 12.4. The summed E-state index contributed by atoms with van der Waals surface area (Å²) in [7, 11) is 1.46. The van der Waals surface area contributed by atoms with Gasteiger partial charge in [-0.1, -0.05) is 19.8 Å². The molecule has 0 bridgehead atoms. The number of carbonyl (C=O) groups excluding carboxylic acids is 1.